The first-order valence-corrected chi connectivity index (χ1v) is 11.6. The molecule has 34 heavy (non-hydrogen) atoms. The highest BCUT2D eigenvalue weighted by atomic mass is 32.1. The zero-order valence-electron chi connectivity index (χ0n) is 18.3. The molecule has 0 unspecified atom stereocenters. The van der Waals surface area contributed by atoms with Crippen LogP contribution in [-0.4, -0.2) is 32.2 Å². The Labute approximate surface area is 199 Å². The molecule has 0 aliphatic rings. The van der Waals surface area contributed by atoms with Crippen molar-refractivity contribution in [2.45, 2.75) is 13.3 Å². The van der Waals surface area contributed by atoms with E-state index in [2.05, 4.69) is 20.7 Å². The van der Waals surface area contributed by atoms with E-state index in [0.29, 0.717) is 29.3 Å². The van der Waals surface area contributed by atoms with Crippen LogP contribution in [0.2, 0.25) is 0 Å². The molecular weight excluding hydrogens is 451 g/mol. The third-order valence-corrected chi connectivity index (χ3v) is 6.27. The van der Waals surface area contributed by atoms with Crippen molar-refractivity contribution in [3.8, 4) is 22.5 Å². The molecule has 7 nitrogen and oxygen atoms in total. The lowest BCUT2D eigenvalue weighted by atomic mass is 10.0. The fourth-order valence-electron chi connectivity index (χ4n) is 3.70. The molecule has 0 atom stereocenters. The predicted octanol–water partition coefficient (Wildman–Crippen LogP) is 5.33. The Bertz CT molecular complexity index is 1460. The van der Waals surface area contributed by atoms with Crippen molar-refractivity contribution in [1.82, 2.24) is 24.9 Å². The van der Waals surface area contributed by atoms with Gasteiger partial charge in [-0.25, -0.2) is 23.7 Å². The van der Waals surface area contributed by atoms with Gasteiger partial charge in [-0.05, 0) is 72.8 Å². The first-order valence-electron chi connectivity index (χ1n) is 10.7. The number of anilines is 1. The zero-order valence-corrected chi connectivity index (χ0v) is 19.1. The van der Waals surface area contributed by atoms with Crippen LogP contribution in [0.4, 0.5) is 15.0 Å². The largest absolute Gasteiger partial charge is 0.337 e. The van der Waals surface area contributed by atoms with Crippen LogP contribution in [0.15, 0.2) is 72.4 Å². The molecule has 2 N–H and O–H groups in total. The number of rotatable bonds is 6. The number of aromatic nitrogens is 4. The molecule has 170 valence electrons. The molecule has 5 aromatic rings. The SMILES string of the molecule is Cc1cc(-c2nc3cccnn3c2-c2ccnc(NC(=O)NCCc3cccs3)c2)ccc1F. The molecule has 0 fully saturated rings. The average Bonchev–Trinajstić information content (AvgIpc) is 3.49. The molecule has 0 aliphatic carbocycles. The second-order valence-electron chi connectivity index (χ2n) is 7.71. The second-order valence-corrected chi connectivity index (χ2v) is 8.74. The van der Waals surface area contributed by atoms with Crippen molar-refractivity contribution in [3.63, 3.8) is 0 Å². The number of thiophene rings is 1. The number of aryl methyl sites for hydroxylation is 1. The third-order valence-electron chi connectivity index (χ3n) is 5.34. The van der Waals surface area contributed by atoms with E-state index in [1.807, 2.05) is 35.7 Å². The number of nitrogens with one attached hydrogen (secondary N) is 2. The van der Waals surface area contributed by atoms with Crippen molar-refractivity contribution in [1.29, 1.82) is 0 Å². The Morgan fingerprint density at radius 2 is 2.00 bits per heavy atom. The number of hydrogen-bond donors (Lipinski definition) is 2. The van der Waals surface area contributed by atoms with Crippen LogP contribution < -0.4 is 10.6 Å². The highest BCUT2D eigenvalue weighted by Gasteiger charge is 2.18. The summed E-state index contributed by atoms with van der Waals surface area (Å²) in [5.41, 5.74) is 4.13. The van der Waals surface area contributed by atoms with Gasteiger partial charge >= 0.3 is 6.03 Å². The molecule has 9 heteroatoms. The number of halogens is 1. The number of amides is 2. The van der Waals surface area contributed by atoms with Crippen molar-refractivity contribution < 1.29 is 9.18 Å². The van der Waals surface area contributed by atoms with E-state index in [1.165, 1.54) is 10.9 Å². The zero-order chi connectivity index (χ0) is 23.5. The first-order chi connectivity index (χ1) is 16.6. The number of hydrogen-bond acceptors (Lipinski definition) is 5. The fraction of sp³-hybridized carbons (Fsp3) is 0.120. The summed E-state index contributed by atoms with van der Waals surface area (Å²) in [7, 11) is 0. The smallest absolute Gasteiger partial charge is 0.320 e. The molecule has 5 rings (SSSR count). The summed E-state index contributed by atoms with van der Waals surface area (Å²) >= 11 is 1.66. The minimum absolute atomic E-state index is 0.271. The summed E-state index contributed by atoms with van der Waals surface area (Å²) in [5.74, 6) is 0.130. The van der Waals surface area contributed by atoms with Gasteiger partial charge in [0.15, 0.2) is 5.65 Å². The Morgan fingerprint density at radius 1 is 1.09 bits per heavy atom. The Hall–Kier alpha value is -4.11. The predicted molar refractivity (Wildman–Crippen MR) is 131 cm³/mol. The van der Waals surface area contributed by atoms with Gasteiger partial charge in [0.2, 0.25) is 0 Å². The second kappa shape index (κ2) is 9.40. The van der Waals surface area contributed by atoms with Crippen molar-refractivity contribution in [3.05, 3.63) is 88.6 Å². The molecule has 0 saturated carbocycles. The Balaban J connectivity index is 1.44. The number of fused-ring (bicyclic) bond motifs is 1. The third kappa shape index (κ3) is 4.51. The molecule has 4 aromatic heterocycles. The average molecular weight is 473 g/mol. The highest BCUT2D eigenvalue weighted by Crippen LogP contribution is 2.33. The summed E-state index contributed by atoms with van der Waals surface area (Å²) < 4.78 is 15.6. The minimum Gasteiger partial charge on any atom is -0.337 e. The van der Waals surface area contributed by atoms with Gasteiger partial charge in [-0.1, -0.05) is 6.07 Å². The van der Waals surface area contributed by atoms with E-state index in [0.717, 1.165) is 23.2 Å². The molecule has 0 aliphatic heterocycles. The van der Waals surface area contributed by atoms with Gasteiger partial charge in [0.25, 0.3) is 0 Å². The molecule has 0 bridgehead atoms. The van der Waals surface area contributed by atoms with E-state index in [9.17, 15) is 9.18 Å². The molecular formula is C25H21FN6OS. The van der Waals surface area contributed by atoms with Gasteiger partial charge in [-0.3, -0.25) is 5.32 Å². The van der Waals surface area contributed by atoms with Gasteiger partial charge < -0.3 is 5.32 Å². The van der Waals surface area contributed by atoms with E-state index in [4.69, 9.17) is 4.98 Å². The lowest BCUT2D eigenvalue weighted by molar-refractivity contribution is 0.252. The van der Waals surface area contributed by atoms with Crippen LogP contribution in [0, 0.1) is 12.7 Å². The van der Waals surface area contributed by atoms with Crippen LogP contribution in [0.25, 0.3) is 28.2 Å². The van der Waals surface area contributed by atoms with Crippen LogP contribution in [0.1, 0.15) is 10.4 Å². The maximum Gasteiger partial charge on any atom is 0.320 e. The van der Waals surface area contributed by atoms with E-state index >= 15 is 0 Å². The number of nitrogens with zero attached hydrogens (tertiary/aromatic N) is 4. The number of carbonyl (C=O) groups excluding carboxylic acids is 1. The number of pyridine rings is 1. The summed E-state index contributed by atoms with van der Waals surface area (Å²) in [4.78, 5) is 22.6. The van der Waals surface area contributed by atoms with Gasteiger partial charge in [-0.15, -0.1) is 11.3 Å². The Morgan fingerprint density at radius 3 is 2.82 bits per heavy atom. The number of imidazole rings is 1. The van der Waals surface area contributed by atoms with E-state index in [1.54, 1.807) is 53.4 Å². The molecule has 0 saturated heterocycles. The maximum absolute atomic E-state index is 13.9. The van der Waals surface area contributed by atoms with Crippen LogP contribution >= 0.6 is 11.3 Å². The lowest BCUT2D eigenvalue weighted by Gasteiger charge is -2.09. The normalized spacial score (nSPS) is 11.0. The summed E-state index contributed by atoms with van der Waals surface area (Å²) in [5, 5.41) is 12.1. The summed E-state index contributed by atoms with van der Waals surface area (Å²) in [6.45, 7) is 2.25. The number of benzene rings is 1. The number of carbonyl (C=O) groups is 1. The molecule has 0 radical (unpaired) electrons. The summed E-state index contributed by atoms with van der Waals surface area (Å²) in [6.07, 6.45) is 4.07. The highest BCUT2D eigenvalue weighted by molar-refractivity contribution is 7.09. The van der Waals surface area contributed by atoms with Gasteiger partial charge in [0, 0.05) is 34.9 Å². The maximum atomic E-state index is 13.9. The van der Waals surface area contributed by atoms with Crippen LogP contribution in [0.3, 0.4) is 0 Å². The van der Waals surface area contributed by atoms with Crippen molar-refractivity contribution in [2.24, 2.45) is 0 Å². The molecule has 0 spiro atoms. The number of urea groups is 1. The van der Waals surface area contributed by atoms with Gasteiger partial charge in [0.1, 0.15) is 17.3 Å². The molecule has 1 aromatic carbocycles. The van der Waals surface area contributed by atoms with Gasteiger partial charge in [-0.2, -0.15) is 5.10 Å². The van der Waals surface area contributed by atoms with Crippen LogP contribution in [0.5, 0.6) is 0 Å². The van der Waals surface area contributed by atoms with Crippen LogP contribution in [-0.2, 0) is 6.42 Å². The monoisotopic (exact) mass is 472 g/mol. The van der Waals surface area contributed by atoms with E-state index < -0.39 is 0 Å². The van der Waals surface area contributed by atoms with Crippen molar-refractivity contribution >= 4 is 28.8 Å². The molecule has 2 amide bonds. The first kappa shape index (κ1) is 21.7. The fourth-order valence-corrected chi connectivity index (χ4v) is 4.41. The standard InChI is InChI=1S/C25H21FN6OS/c1-16-14-17(6-7-20(16)26)23-24(32-22(31-23)5-2-10-29-32)18-8-11-27-21(15-18)30-25(33)28-12-9-19-4-3-13-34-19/h2-8,10-11,13-15H,9,12H2,1H3,(H2,27,28,30,33). The molecule has 4 heterocycles. The van der Waals surface area contributed by atoms with Crippen molar-refractivity contribution in [2.75, 3.05) is 11.9 Å². The lowest BCUT2D eigenvalue weighted by Crippen LogP contribution is -2.30. The topological polar surface area (TPSA) is 84.2 Å². The minimum atomic E-state index is -0.327. The quantitative estimate of drug-likeness (QED) is 0.350. The Kier molecular flexibility index (Phi) is 6.01. The van der Waals surface area contributed by atoms with E-state index in [-0.39, 0.29) is 11.8 Å². The summed E-state index contributed by atoms with van der Waals surface area (Å²) in [6, 6.07) is 15.9. The van der Waals surface area contributed by atoms with Gasteiger partial charge in [0.05, 0.1) is 5.69 Å².